The Bertz CT molecular complexity index is 642. The summed E-state index contributed by atoms with van der Waals surface area (Å²) in [6, 6.07) is 7.92. The smallest absolute Gasteiger partial charge is 0.328 e. The number of ether oxygens (including phenoxy) is 1. The summed E-state index contributed by atoms with van der Waals surface area (Å²) < 4.78 is 6.77. The zero-order chi connectivity index (χ0) is 17.9. The summed E-state index contributed by atoms with van der Waals surface area (Å²) in [5, 5.41) is 0. The fraction of sp³-hybridized carbons (Fsp3) is 0.600. The lowest BCUT2D eigenvalue weighted by molar-refractivity contribution is -0.158. The summed E-state index contributed by atoms with van der Waals surface area (Å²) in [6.07, 6.45) is 6.24. The van der Waals surface area contributed by atoms with Crippen LogP contribution in [0, 0.1) is 5.41 Å². The van der Waals surface area contributed by atoms with E-state index in [4.69, 9.17) is 4.74 Å². The molecular weight excluding hydrogens is 382 g/mol. The molecule has 1 aliphatic carbocycles. The molecule has 3 rings (SSSR count). The number of hydrogen-bond donors (Lipinski definition) is 0. The van der Waals surface area contributed by atoms with Crippen molar-refractivity contribution in [3.8, 4) is 0 Å². The van der Waals surface area contributed by atoms with Gasteiger partial charge in [0.05, 0.1) is 6.61 Å². The van der Waals surface area contributed by atoms with Crippen LogP contribution >= 0.6 is 15.9 Å². The minimum Gasteiger partial charge on any atom is -0.464 e. The molecule has 5 heteroatoms. The lowest BCUT2D eigenvalue weighted by Crippen LogP contribution is -2.48. The SMILES string of the molecule is CCC(=O)N1CCCCC1C(=O)OCC1(Cc2cccc(Br)c2)CC1. The lowest BCUT2D eigenvalue weighted by Gasteiger charge is -2.34. The van der Waals surface area contributed by atoms with E-state index in [0.29, 0.717) is 19.6 Å². The molecule has 0 bridgehead atoms. The molecule has 2 fully saturated rings. The van der Waals surface area contributed by atoms with Gasteiger partial charge in [0.2, 0.25) is 5.91 Å². The van der Waals surface area contributed by atoms with Gasteiger partial charge in [-0.1, -0.05) is 35.0 Å². The third kappa shape index (κ3) is 4.63. The van der Waals surface area contributed by atoms with E-state index in [0.717, 1.165) is 43.0 Å². The van der Waals surface area contributed by atoms with Gasteiger partial charge < -0.3 is 9.64 Å². The molecule has 0 radical (unpaired) electrons. The highest BCUT2D eigenvalue weighted by molar-refractivity contribution is 9.10. The Kier molecular flexibility index (Phi) is 5.82. The monoisotopic (exact) mass is 407 g/mol. The van der Waals surface area contributed by atoms with E-state index in [1.54, 1.807) is 4.90 Å². The fourth-order valence-corrected chi connectivity index (χ4v) is 4.07. The van der Waals surface area contributed by atoms with Crippen LogP contribution in [0.4, 0.5) is 0 Å². The minimum atomic E-state index is -0.386. The number of carbonyl (C=O) groups excluding carboxylic acids is 2. The number of carbonyl (C=O) groups is 2. The van der Waals surface area contributed by atoms with Gasteiger partial charge in [0.1, 0.15) is 6.04 Å². The number of benzene rings is 1. The van der Waals surface area contributed by atoms with Crippen LogP contribution in [-0.2, 0) is 20.7 Å². The number of piperidine rings is 1. The van der Waals surface area contributed by atoms with Crippen LogP contribution in [-0.4, -0.2) is 36.0 Å². The van der Waals surface area contributed by atoms with E-state index in [-0.39, 0.29) is 23.3 Å². The van der Waals surface area contributed by atoms with E-state index in [9.17, 15) is 9.59 Å². The standard InChI is InChI=1S/C20H26BrNO3/c1-2-18(23)22-11-4-3-8-17(22)19(24)25-14-20(9-10-20)13-15-6-5-7-16(21)12-15/h5-7,12,17H,2-4,8-11,13-14H2,1H3. The number of halogens is 1. The quantitative estimate of drug-likeness (QED) is 0.666. The van der Waals surface area contributed by atoms with Gasteiger partial charge in [0.15, 0.2) is 0 Å². The normalized spacial score (nSPS) is 21.7. The van der Waals surface area contributed by atoms with E-state index in [1.165, 1.54) is 5.56 Å². The molecule has 136 valence electrons. The second-order valence-electron chi connectivity index (χ2n) is 7.37. The molecule has 1 saturated carbocycles. The molecule has 1 amide bonds. The number of amides is 1. The second kappa shape index (κ2) is 7.90. The molecule has 1 saturated heterocycles. The van der Waals surface area contributed by atoms with E-state index >= 15 is 0 Å². The third-order valence-electron chi connectivity index (χ3n) is 5.34. The molecule has 0 spiro atoms. The lowest BCUT2D eigenvalue weighted by atomic mass is 9.97. The predicted octanol–water partition coefficient (Wildman–Crippen LogP) is 4.11. The van der Waals surface area contributed by atoms with Crippen LogP contribution in [0.3, 0.4) is 0 Å². The van der Waals surface area contributed by atoms with Crippen LogP contribution in [0.5, 0.6) is 0 Å². The molecule has 4 nitrogen and oxygen atoms in total. The maximum absolute atomic E-state index is 12.6. The van der Waals surface area contributed by atoms with Crippen molar-refractivity contribution in [2.75, 3.05) is 13.2 Å². The summed E-state index contributed by atoms with van der Waals surface area (Å²) >= 11 is 3.51. The van der Waals surface area contributed by atoms with Crippen LogP contribution in [0.15, 0.2) is 28.7 Å². The first-order valence-electron chi connectivity index (χ1n) is 9.23. The van der Waals surface area contributed by atoms with Crippen molar-refractivity contribution >= 4 is 27.8 Å². The minimum absolute atomic E-state index is 0.0527. The Hall–Kier alpha value is -1.36. The largest absolute Gasteiger partial charge is 0.464 e. The Balaban J connectivity index is 1.57. The van der Waals surface area contributed by atoms with Gasteiger partial charge >= 0.3 is 5.97 Å². The Morgan fingerprint density at radius 1 is 1.32 bits per heavy atom. The topological polar surface area (TPSA) is 46.6 Å². The van der Waals surface area contributed by atoms with Gasteiger partial charge in [0, 0.05) is 22.9 Å². The Morgan fingerprint density at radius 3 is 2.80 bits per heavy atom. The first kappa shape index (κ1) is 18.4. The summed E-state index contributed by atoms with van der Waals surface area (Å²) in [6.45, 7) is 2.98. The molecule has 2 aliphatic rings. The van der Waals surface area contributed by atoms with Crippen molar-refractivity contribution in [3.63, 3.8) is 0 Å². The summed E-state index contributed by atoms with van der Waals surface area (Å²) in [7, 11) is 0. The zero-order valence-electron chi connectivity index (χ0n) is 14.8. The second-order valence-corrected chi connectivity index (χ2v) is 8.28. The van der Waals surface area contributed by atoms with Crippen molar-refractivity contribution < 1.29 is 14.3 Å². The van der Waals surface area contributed by atoms with Gasteiger partial charge in [-0.05, 0) is 56.2 Å². The molecule has 1 aromatic rings. The van der Waals surface area contributed by atoms with Crippen molar-refractivity contribution in [1.29, 1.82) is 0 Å². The highest BCUT2D eigenvalue weighted by atomic mass is 79.9. The maximum atomic E-state index is 12.6. The molecule has 0 aromatic heterocycles. The van der Waals surface area contributed by atoms with Crippen molar-refractivity contribution in [2.45, 2.75) is 57.9 Å². The summed E-state index contributed by atoms with van der Waals surface area (Å²) in [5.41, 5.74) is 1.36. The van der Waals surface area contributed by atoms with E-state index < -0.39 is 0 Å². The number of likely N-dealkylation sites (tertiary alicyclic amines) is 1. The zero-order valence-corrected chi connectivity index (χ0v) is 16.4. The van der Waals surface area contributed by atoms with Crippen molar-refractivity contribution in [2.24, 2.45) is 5.41 Å². The van der Waals surface area contributed by atoms with Crippen LogP contribution < -0.4 is 0 Å². The van der Waals surface area contributed by atoms with Gasteiger partial charge in [-0.3, -0.25) is 4.79 Å². The molecule has 25 heavy (non-hydrogen) atoms. The van der Waals surface area contributed by atoms with Gasteiger partial charge in [-0.15, -0.1) is 0 Å². The predicted molar refractivity (Wildman–Crippen MR) is 100 cm³/mol. The number of nitrogens with zero attached hydrogens (tertiary/aromatic N) is 1. The van der Waals surface area contributed by atoms with E-state index in [1.807, 2.05) is 19.1 Å². The van der Waals surface area contributed by atoms with Gasteiger partial charge in [-0.2, -0.15) is 0 Å². The molecule has 1 atom stereocenters. The number of esters is 1. The highest BCUT2D eigenvalue weighted by Gasteiger charge is 2.44. The van der Waals surface area contributed by atoms with Crippen LogP contribution in [0.1, 0.15) is 51.0 Å². The molecule has 1 aromatic carbocycles. The first-order valence-corrected chi connectivity index (χ1v) is 10.0. The number of hydrogen-bond acceptors (Lipinski definition) is 3. The van der Waals surface area contributed by atoms with Crippen molar-refractivity contribution in [1.82, 2.24) is 4.90 Å². The van der Waals surface area contributed by atoms with Gasteiger partial charge in [0.25, 0.3) is 0 Å². The molecular formula is C20H26BrNO3. The van der Waals surface area contributed by atoms with Crippen LogP contribution in [0.2, 0.25) is 0 Å². The first-order chi connectivity index (χ1) is 12.0. The molecule has 0 N–H and O–H groups in total. The molecule has 1 heterocycles. The molecule has 1 unspecified atom stereocenters. The van der Waals surface area contributed by atoms with E-state index in [2.05, 4.69) is 28.1 Å². The number of rotatable bonds is 6. The average Bonchev–Trinajstić information content (AvgIpc) is 3.38. The molecule has 1 aliphatic heterocycles. The average molecular weight is 408 g/mol. The summed E-state index contributed by atoms with van der Waals surface area (Å²) in [5.74, 6) is -0.168. The summed E-state index contributed by atoms with van der Waals surface area (Å²) in [4.78, 5) is 26.4. The van der Waals surface area contributed by atoms with Gasteiger partial charge in [-0.25, -0.2) is 4.79 Å². The third-order valence-corrected chi connectivity index (χ3v) is 5.84. The Labute approximate surface area is 158 Å². The fourth-order valence-electron chi connectivity index (χ4n) is 3.63. The Morgan fingerprint density at radius 2 is 2.12 bits per heavy atom. The highest BCUT2D eigenvalue weighted by Crippen LogP contribution is 2.48. The van der Waals surface area contributed by atoms with Crippen molar-refractivity contribution in [3.05, 3.63) is 34.3 Å². The maximum Gasteiger partial charge on any atom is 0.328 e. The van der Waals surface area contributed by atoms with Crippen LogP contribution in [0.25, 0.3) is 0 Å².